The predicted molar refractivity (Wildman–Crippen MR) is 75.0 cm³/mol. The molecule has 0 radical (unpaired) electrons. The molecule has 0 heterocycles. The summed E-state index contributed by atoms with van der Waals surface area (Å²) in [6.07, 6.45) is 5.60. The van der Waals surface area contributed by atoms with Crippen molar-refractivity contribution in [3.8, 4) is 12.3 Å². The fraction of sp³-hybridized carbons (Fsp3) is 0.500. The van der Waals surface area contributed by atoms with E-state index in [9.17, 15) is 0 Å². The van der Waals surface area contributed by atoms with E-state index in [0.717, 1.165) is 5.56 Å². The quantitative estimate of drug-likeness (QED) is 0.776. The number of hydrogen-bond donors (Lipinski definition) is 1. The molecule has 0 fully saturated rings. The predicted octanol–water partition coefficient (Wildman–Crippen LogP) is 3.87. The van der Waals surface area contributed by atoms with E-state index in [1.54, 1.807) is 0 Å². The molecule has 1 heteroatoms. The second kappa shape index (κ2) is 5.38. The molecule has 1 aromatic rings. The third kappa shape index (κ3) is 4.24. The third-order valence-corrected chi connectivity index (χ3v) is 2.68. The summed E-state index contributed by atoms with van der Waals surface area (Å²) in [5.74, 6) is 3.37. The second-order valence-electron chi connectivity index (χ2n) is 5.82. The van der Waals surface area contributed by atoms with Crippen molar-refractivity contribution in [1.29, 1.82) is 0 Å². The lowest BCUT2D eigenvalue weighted by atomic mass is 9.98. The van der Waals surface area contributed by atoms with E-state index in [2.05, 4.69) is 70.1 Å². The Morgan fingerprint density at radius 1 is 1.06 bits per heavy atom. The minimum Gasteiger partial charge on any atom is -0.295 e. The van der Waals surface area contributed by atoms with E-state index in [0.29, 0.717) is 5.92 Å². The molecule has 0 aliphatic heterocycles. The zero-order valence-electron chi connectivity index (χ0n) is 11.5. The maximum Gasteiger partial charge on any atom is 0.0947 e. The van der Waals surface area contributed by atoms with Crippen molar-refractivity contribution in [2.45, 2.75) is 52.1 Å². The van der Waals surface area contributed by atoms with Crippen LogP contribution < -0.4 is 5.32 Å². The molecule has 0 saturated heterocycles. The van der Waals surface area contributed by atoms with E-state index in [1.165, 1.54) is 5.56 Å². The first-order valence-electron chi connectivity index (χ1n) is 6.17. The smallest absolute Gasteiger partial charge is 0.0947 e. The molecule has 17 heavy (non-hydrogen) atoms. The van der Waals surface area contributed by atoms with Gasteiger partial charge in [0.2, 0.25) is 0 Å². The molecule has 1 atom stereocenters. The van der Waals surface area contributed by atoms with Gasteiger partial charge in [-0.25, -0.2) is 0 Å². The van der Waals surface area contributed by atoms with Crippen molar-refractivity contribution in [2.24, 2.45) is 0 Å². The molecule has 0 spiro atoms. The van der Waals surface area contributed by atoms with Crippen LogP contribution in [0.4, 0.5) is 0 Å². The van der Waals surface area contributed by atoms with Crippen LogP contribution >= 0.6 is 0 Å². The zero-order valence-corrected chi connectivity index (χ0v) is 11.5. The molecule has 92 valence electrons. The highest BCUT2D eigenvalue weighted by molar-refractivity contribution is 5.30. The first kappa shape index (κ1) is 13.8. The Labute approximate surface area is 106 Å². The molecule has 1 rings (SSSR count). The van der Waals surface area contributed by atoms with Gasteiger partial charge in [-0.3, -0.25) is 5.32 Å². The first-order valence-corrected chi connectivity index (χ1v) is 6.17. The molecule has 1 N–H and O–H groups in total. The molecule has 0 aromatic heterocycles. The Kier molecular flexibility index (Phi) is 4.37. The Bertz CT molecular complexity index is 387. The Morgan fingerprint density at radius 3 is 1.88 bits per heavy atom. The maximum atomic E-state index is 5.60. The van der Waals surface area contributed by atoms with Crippen molar-refractivity contribution < 1.29 is 0 Å². The van der Waals surface area contributed by atoms with Crippen LogP contribution in [-0.4, -0.2) is 5.54 Å². The molecule has 0 amide bonds. The van der Waals surface area contributed by atoms with Gasteiger partial charge in [-0.05, 0) is 37.8 Å². The highest BCUT2D eigenvalue weighted by Gasteiger charge is 2.16. The van der Waals surface area contributed by atoms with Gasteiger partial charge in [-0.1, -0.05) is 44.0 Å². The molecule has 1 nitrogen and oxygen atoms in total. The summed E-state index contributed by atoms with van der Waals surface area (Å²) in [6, 6.07) is 8.55. The van der Waals surface area contributed by atoms with Gasteiger partial charge >= 0.3 is 0 Å². The fourth-order valence-corrected chi connectivity index (χ4v) is 1.73. The van der Waals surface area contributed by atoms with E-state index in [4.69, 9.17) is 6.42 Å². The summed E-state index contributed by atoms with van der Waals surface area (Å²) >= 11 is 0. The minimum atomic E-state index is -0.0174. The molecular weight excluding hydrogens is 206 g/mol. The highest BCUT2D eigenvalue weighted by Crippen LogP contribution is 2.20. The average Bonchev–Trinajstić information content (AvgIpc) is 2.25. The molecule has 1 aromatic carbocycles. The van der Waals surface area contributed by atoms with Crippen molar-refractivity contribution in [3.05, 3.63) is 35.4 Å². The largest absolute Gasteiger partial charge is 0.295 e. The van der Waals surface area contributed by atoms with Gasteiger partial charge in [0.1, 0.15) is 0 Å². The van der Waals surface area contributed by atoms with E-state index >= 15 is 0 Å². The van der Waals surface area contributed by atoms with Gasteiger partial charge in [0.25, 0.3) is 0 Å². The summed E-state index contributed by atoms with van der Waals surface area (Å²) in [4.78, 5) is 0. The van der Waals surface area contributed by atoms with Crippen LogP contribution in [0.15, 0.2) is 24.3 Å². The normalized spacial score (nSPS) is 13.5. The Morgan fingerprint density at radius 2 is 1.53 bits per heavy atom. The molecule has 0 aliphatic carbocycles. The number of rotatable bonds is 3. The van der Waals surface area contributed by atoms with Crippen molar-refractivity contribution in [1.82, 2.24) is 5.32 Å². The van der Waals surface area contributed by atoms with Crippen LogP contribution in [0, 0.1) is 12.3 Å². The van der Waals surface area contributed by atoms with Crippen LogP contribution in [-0.2, 0) is 0 Å². The van der Waals surface area contributed by atoms with Gasteiger partial charge in [-0.2, -0.15) is 0 Å². The van der Waals surface area contributed by atoms with Crippen molar-refractivity contribution >= 4 is 0 Å². The lowest BCUT2D eigenvalue weighted by Crippen LogP contribution is -2.38. The monoisotopic (exact) mass is 229 g/mol. The van der Waals surface area contributed by atoms with Crippen molar-refractivity contribution in [2.75, 3.05) is 0 Å². The van der Waals surface area contributed by atoms with Crippen LogP contribution in [0.1, 0.15) is 57.7 Å². The molecular formula is C16H23N. The third-order valence-electron chi connectivity index (χ3n) is 2.68. The molecule has 0 unspecified atom stereocenters. The summed E-state index contributed by atoms with van der Waals surface area (Å²) in [5, 5.41) is 3.43. The fourth-order valence-electron chi connectivity index (χ4n) is 1.73. The standard InChI is InChI=1S/C16H23N/c1-7-15(17-16(4,5)6)14-10-8-13(9-11-14)12(2)3/h1,8-12,15,17H,2-6H3/t15-/m1/s1. The second-order valence-corrected chi connectivity index (χ2v) is 5.82. The lowest BCUT2D eigenvalue weighted by molar-refractivity contribution is 0.402. The number of nitrogens with one attached hydrogen (secondary N) is 1. The van der Waals surface area contributed by atoms with E-state index in [1.807, 2.05) is 0 Å². The summed E-state index contributed by atoms with van der Waals surface area (Å²) in [5.41, 5.74) is 2.53. The van der Waals surface area contributed by atoms with E-state index < -0.39 is 0 Å². The number of hydrogen-bond acceptors (Lipinski definition) is 1. The summed E-state index contributed by atoms with van der Waals surface area (Å²) in [6.45, 7) is 10.8. The molecule has 0 aliphatic rings. The van der Waals surface area contributed by atoms with Gasteiger partial charge in [-0.15, -0.1) is 6.42 Å². The topological polar surface area (TPSA) is 12.0 Å². The van der Waals surface area contributed by atoms with Crippen LogP contribution in [0.3, 0.4) is 0 Å². The lowest BCUT2D eigenvalue weighted by Gasteiger charge is -2.25. The minimum absolute atomic E-state index is 0.0174. The number of benzene rings is 1. The van der Waals surface area contributed by atoms with Crippen LogP contribution in [0.25, 0.3) is 0 Å². The molecule has 0 saturated carbocycles. The van der Waals surface area contributed by atoms with Crippen LogP contribution in [0.2, 0.25) is 0 Å². The maximum absolute atomic E-state index is 5.60. The zero-order chi connectivity index (χ0) is 13.1. The van der Waals surface area contributed by atoms with Crippen molar-refractivity contribution in [3.63, 3.8) is 0 Å². The Balaban J connectivity index is 2.87. The van der Waals surface area contributed by atoms with Crippen LogP contribution in [0.5, 0.6) is 0 Å². The van der Waals surface area contributed by atoms with Gasteiger partial charge in [0, 0.05) is 5.54 Å². The average molecular weight is 229 g/mol. The highest BCUT2D eigenvalue weighted by atomic mass is 15.0. The SMILES string of the molecule is C#C[C@@H](NC(C)(C)C)c1ccc(C(C)C)cc1. The van der Waals surface area contributed by atoms with E-state index in [-0.39, 0.29) is 11.6 Å². The summed E-state index contributed by atoms with van der Waals surface area (Å²) < 4.78 is 0. The summed E-state index contributed by atoms with van der Waals surface area (Å²) in [7, 11) is 0. The van der Waals surface area contributed by atoms with Gasteiger partial charge < -0.3 is 0 Å². The van der Waals surface area contributed by atoms with Gasteiger partial charge in [0.15, 0.2) is 0 Å². The number of terminal acetylenes is 1. The molecule has 0 bridgehead atoms. The Hall–Kier alpha value is -1.26. The van der Waals surface area contributed by atoms with Gasteiger partial charge in [0.05, 0.1) is 6.04 Å². The first-order chi connectivity index (χ1) is 7.83.